The van der Waals surface area contributed by atoms with Crippen molar-refractivity contribution >= 4 is 9.84 Å². The molecule has 0 bridgehead atoms. The van der Waals surface area contributed by atoms with Gasteiger partial charge in [-0.3, -0.25) is 10.00 Å². The Balaban J connectivity index is 1.62. The first-order valence-electron chi connectivity index (χ1n) is 11.5. The highest BCUT2D eigenvalue weighted by atomic mass is 32.2. The number of nitrogens with one attached hydrogen (secondary N) is 1. The average Bonchev–Trinajstić information content (AvgIpc) is 3.23. The van der Waals surface area contributed by atoms with E-state index >= 15 is 0 Å². The molecule has 7 heteroatoms. The van der Waals surface area contributed by atoms with Crippen molar-refractivity contribution in [1.29, 1.82) is 0 Å². The number of ether oxygens (including phenoxy) is 1. The summed E-state index contributed by atoms with van der Waals surface area (Å²) in [6.45, 7) is 9.90. The van der Waals surface area contributed by atoms with Gasteiger partial charge in [0.1, 0.15) is 16.5 Å². The minimum Gasteiger partial charge on any atom is -0.491 e. The molecular weight excluding hydrogens is 410 g/mol. The smallest absolute Gasteiger partial charge is 0.195 e. The average molecular weight is 448 g/mol. The zero-order valence-corrected chi connectivity index (χ0v) is 20.3. The number of aromatic nitrogens is 2. The van der Waals surface area contributed by atoms with Crippen molar-refractivity contribution in [3.05, 3.63) is 41.2 Å². The zero-order valence-electron chi connectivity index (χ0n) is 19.5. The zero-order chi connectivity index (χ0) is 22.6. The van der Waals surface area contributed by atoms with Gasteiger partial charge in [0.15, 0.2) is 9.84 Å². The molecule has 0 unspecified atom stereocenters. The summed E-state index contributed by atoms with van der Waals surface area (Å²) in [5, 5.41) is 6.87. The van der Waals surface area contributed by atoms with Crippen LogP contribution >= 0.6 is 0 Å². The van der Waals surface area contributed by atoms with Gasteiger partial charge < -0.3 is 4.74 Å². The highest BCUT2D eigenvalue weighted by molar-refractivity contribution is 7.91. The van der Waals surface area contributed by atoms with Crippen molar-refractivity contribution in [3.63, 3.8) is 0 Å². The molecule has 1 N–H and O–H groups in total. The molecule has 1 aliphatic heterocycles. The van der Waals surface area contributed by atoms with Crippen molar-refractivity contribution in [1.82, 2.24) is 15.1 Å². The first kappa shape index (κ1) is 23.8. The Hall–Kier alpha value is -1.86. The number of hydrogen-bond acceptors (Lipinski definition) is 5. The maximum Gasteiger partial charge on any atom is 0.195 e. The Labute approximate surface area is 187 Å². The molecule has 0 spiro atoms. The quantitative estimate of drug-likeness (QED) is 0.566. The maximum atomic E-state index is 13.1. The molecule has 2 aromatic rings. The maximum absolute atomic E-state index is 13.1. The van der Waals surface area contributed by atoms with Crippen LogP contribution in [0.4, 0.5) is 0 Å². The fourth-order valence-electron chi connectivity index (χ4n) is 4.65. The minimum atomic E-state index is -3.44. The van der Waals surface area contributed by atoms with Crippen LogP contribution < -0.4 is 4.74 Å². The molecule has 1 aromatic heterocycles. The molecule has 1 aromatic carbocycles. The van der Waals surface area contributed by atoms with E-state index in [1.165, 1.54) is 18.4 Å². The summed E-state index contributed by atoms with van der Waals surface area (Å²) in [5.74, 6) is 0.904. The minimum absolute atomic E-state index is 0.0133. The van der Waals surface area contributed by atoms with Crippen LogP contribution in [0.25, 0.3) is 0 Å². The molecule has 6 nitrogen and oxygen atoms in total. The predicted molar refractivity (Wildman–Crippen MR) is 124 cm³/mol. The summed E-state index contributed by atoms with van der Waals surface area (Å²) in [6, 6.07) is 8.80. The third kappa shape index (κ3) is 5.89. The van der Waals surface area contributed by atoms with Crippen LogP contribution in [0.15, 0.2) is 29.2 Å². The molecule has 0 aliphatic carbocycles. The van der Waals surface area contributed by atoms with Gasteiger partial charge in [0.05, 0.1) is 17.5 Å². The summed E-state index contributed by atoms with van der Waals surface area (Å²) < 4.78 is 32.4. The number of H-pyrrole nitrogens is 1. The summed E-state index contributed by atoms with van der Waals surface area (Å²) in [6.07, 6.45) is 6.31. The van der Waals surface area contributed by atoms with Gasteiger partial charge in [0.2, 0.25) is 0 Å². The van der Waals surface area contributed by atoms with Crippen LogP contribution in [0.5, 0.6) is 5.75 Å². The standard InChI is InChI=1S/C24H37N3O3S/c1-6-7-8-21-10-13-23(14-11-21)30-18(3)15-22-12-9-17(2)27(22)16-31(28,29)24-19(4)25-26-20(24)5/h10-11,13-14,17-18,22H,6-9,12,15-16H2,1-5H3,(H,25,26)/t17-,18-,22-/m0/s1. The topological polar surface area (TPSA) is 75.3 Å². The van der Waals surface area contributed by atoms with Crippen LogP contribution in [0.3, 0.4) is 0 Å². The summed E-state index contributed by atoms with van der Waals surface area (Å²) in [5.41, 5.74) is 2.49. The number of aromatic amines is 1. The second-order valence-corrected chi connectivity index (χ2v) is 10.9. The van der Waals surface area contributed by atoms with E-state index in [9.17, 15) is 8.42 Å². The molecule has 0 radical (unpaired) electrons. The Kier molecular flexibility index (Phi) is 7.81. The second-order valence-electron chi connectivity index (χ2n) is 9.01. The van der Waals surface area contributed by atoms with Crippen molar-refractivity contribution in [2.75, 3.05) is 5.88 Å². The lowest BCUT2D eigenvalue weighted by Crippen LogP contribution is -2.40. The SMILES string of the molecule is CCCCc1ccc(O[C@@H](C)C[C@@H]2CC[C@H](C)N2CS(=O)(=O)c2c(C)n[nH]c2C)cc1. The normalized spacial score (nSPS) is 20.8. The first-order chi connectivity index (χ1) is 14.7. The van der Waals surface area contributed by atoms with E-state index in [0.717, 1.165) is 31.4 Å². The Morgan fingerprint density at radius 3 is 2.55 bits per heavy atom. The number of sulfone groups is 1. The number of nitrogens with zero attached hydrogens (tertiary/aromatic N) is 2. The van der Waals surface area contributed by atoms with Crippen molar-refractivity contribution in [3.8, 4) is 5.75 Å². The van der Waals surface area contributed by atoms with Crippen molar-refractivity contribution in [2.24, 2.45) is 0 Å². The molecule has 172 valence electrons. The van der Waals surface area contributed by atoms with E-state index in [4.69, 9.17) is 4.74 Å². The highest BCUT2D eigenvalue weighted by Crippen LogP contribution is 2.31. The Morgan fingerprint density at radius 1 is 1.23 bits per heavy atom. The van der Waals surface area contributed by atoms with Gasteiger partial charge in [0.25, 0.3) is 0 Å². The molecule has 2 heterocycles. The fraction of sp³-hybridized carbons (Fsp3) is 0.625. The molecule has 1 saturated heterocycles. The Morgan fingerprint density at radius 2 is 1.94 bits per heavy atom. The van der Waals surface area contributed by atoms with Gasteiger partial charge >= 0.3 is 0 Å². The van der Waals surface area contributed by atoms with Crippen LogP contribution in [0, 0.1) is 13.8 Å². The van der Waals surface area contributed by atoms with Crippen molar-refractivity contribution in [2.45, 2.75) is 96.2 Å². The lowest BCUT2D eigenvalue weighted by molar-refractivity contribution is 0.147. The van der Waals surface area contributed by atoms with E-state index < -0.39 is 9.84 Å². The summed E-state index contributed by atoms with van der Waals surface area (Å²) in [7, 11) is -3.44. The van der Waals surface area contributed by atoms with Gasteiger partial charge in [-0.05, 0) is 77.5 Å². The molecule has 3 atom stereocenters. The molecule has 0 amide bonds. The van der Waals surface area contributed by atoms with E-state index in [1.54, 1.807) is 13.8 Å². The van der Waals surface area contributed by atoms with Crippen LogP contribution in [0.2, 0.25) is 0 Å². The van der Waals surface area contributed by atoms with Crippen LogP contribution in [-0.4, -0.2) is 47.6 Å². The third-order valence-electron chi connectivity index (χ3n) is 6.33. The van der Waals surface area contributed by atoms with E-state index in [0.29, 0.717) is 16.3 Å². The molecule has 0 saturated carbocycles. The lowest BCUT2D eigenvalue weighted by atomic mass is 10.1. The van der Waals surface area contributed by atoms with Gasteiger partial charge in [-0.2, -0.15) is 5.10 Å². The monoisotopic (exact) mass is 447 g/mol. The van der Waals surface area contributed by atoms with Gasteiger partial charge in [0, 0.05) is 12.1 Å². The predicted octanol–water partition coefficient (Wildman–Crippen LogP) is 4.81. The summed E-state index contributed by atoms with van der Waals surface area (Å²) in [4.78, 5) is 2.48. The van der Waals surface area contributed by atoms with Crippen molar-refractivity contribution < 1.29 is 13.2 Å². The van der Waals surface area contributed by atoms with Gasteiger partial charge in [-0.25, -0.2) is 8.42 Å². The first-order valence-corrected chi connectivity index (χ1v) is 13.1. The third-order valence-corrected chi connectivity index (χ3v) is 8.19. The number of aryl methyl sites for hydroxylation is 3. The number of likely N-dealkylation sites (tertiary alicyclic amines) is 1. The molecule has 1 aliphatic rings. The number of benzene rings is 1. The van der Waals surface area contributed by atoms with E-state index in [-0.39, 0.29) is 24.1 Å². The van der Waals surface area contributed by atoms with Crippen LogP contribution in [0.1, 0.15) is 69.8 Å². The van der Waals surface area contributed by atoms with E-state index in [1.807, 2.05) is 12.1 Å². The second kappa shape index (κ2) is 10.2. The van der Waals surface area contributed by atoms with Gasteiger partial charge in [-0.1, -0.05) is 25.5 Å². The molecule has 3 rings (SSSR count). The molecular formula is C24H37N3O3S. The fourth-order valence-corrected chi connectivity index (χ4v) is 6.64. The molecule has 31 heavy (non-hydrogen) atoms. The lowest BCUT2D eigenvalue weighted by Gasteiger charge is -2.30. The Bertz CT molecular complexity index is 933. The molecule has 1 fully saturated rings. The number of rotatable bonds is 10. The highest BCUT2D eigenvalue weighted by Gasteiger charge is 2.36. The van der Waals surface area contributed by atoms with Gasteiger partial charge in [-0.15, -0.1) is 0 Å². The number of unbranched alkanes of at least 4 members (excludes halogenated alkanes) is 1. The van der Waals surface area contributed by atoms with Crippen LogP contribution in [-0.2, 0) is 16.3 Å². The largest absolute Gasteiger partial charge is 0.491 e. The van der Waals surface area contributed by atoms with E-state index in [2.05, 4.69) is 48.0 Å². The summed E-state index contributed by atoms with van der Waals surface area (Å²) >= 11 is 0. The number of hydrogen-bond donors (Lipinski definition) is 1.